The summed E-state index contributed by atoms with van der Waals surface area (Å²) < 4.78 is 31.3. The van der Waals surface area contributed by atoms with Crippen LogP contribution in [0, 0.1) is 0 Å². The lowest BCUT2D eigenvalue weighted by Gasteiger charge is -2.08. The molecular formula is C16H24N2O4S. The van der Waals surface area contributed by atoms with Gasteiger partial charge in [-0.25, -0.2) is 13.1 Å². The number of hydrogen-bond acceptors (Lipinski definition) is 4. The molecule has 1 aromatic rings. The fourth-order valence-corrected chi connectivity index (χ4v) is 2.88. The van der Waals surface area contributed by atoms with Crippen LogP contribution >= 0.6 is 0 Å². The molecule has 0 saturated carbocycles. The van der Waals surface area contributed by atoms with Gasteiger partial charge in [-0.2, -0.15) is 0 Å². The van der Waals surface area contributed by atoms with Gasteiger partial charge in [0.25, 0.3) is 0 Å². The molecule has 0 saturated heterocycles. The van der Waals surface area contributed by atoms with Crippen LogP contribution in [-0.4, -0.2) is 34.6 Å². The van der Waals surface area contributed by atoms with Crippen LogP contribution in [0.25, 0.3) is 0 Å². The molecule has 0 heterocycles. The van der Waals surface area contributed by atoms with Crippen LogP contribution in [0.5, 0.6) is 0 Å². The van der Waals surface area contributed by atoms with Gasteiger partial charge < -0.3 is 10.1 Å². The number of rotatable bonds is 9. The highest BCUT2D eigenvalue weighted by Crippen LogP contribution is 2.10. The third-order valence-electron chi connectivity index (χ3n) is 3.15. The molecule has 0 atom stereocenters. The fourth-order valence-electron chi connectivity index (χ4n) is 1.87. The summed E-state index contributed by atoms with van der Waals surface area (Å²) in [6, 6.07) is 6.41. The molecule has 128 valence electrons. The molecule has 0 bridgehead atoms. The molecule has 23 heavy (non-hydrogen) atoms. The predicted octanol–water partition coefficient (Wildman–Crippen LogP) is 1.58. The summed E-state index contributed by atoms with van der Waals surface area (Å²) in [5.74, 6) is -0.121. The maximum atomic E-state index is 12.0. The summed E-state index contributed by atoms with van der Waals surface area (Å²) in [7, 11) is -2.02. The van der Waals surface area contributed by atoms with Crippen LogP contribution in [0.15, 0.2) is 40.8 Å². The van der Waals surface area contributed by atoms with Crippen molar-refractivity contribution in [2.45, 2.75) is 31.7 Å². The maximum Gasteiger partial charge on any atom is 0.246 e. The van der Waals surface area contributed by atoms with E-state index in [-0.39, 0.29) is 17.3 Å². The van der Waals surface area contributed by atoms with Crippen LogP contribution in [-0.2, 0) is 26.1 Å². The Morgan fingerprint density at radius 1 is 1.26 bits per heavy atom. The van der Waals surface area contributed by atoms with Gasteiger partial charge in [0.15, 0.2) is 0 Å². The number of allylic oxidation sites excluding steroid dienone is 1. The molecule has 2 N–H and O–H groups in total. The molecule has 0 aliphatic heterocycles. The Labute approximate surface area is 138 Å². The maximum absolute atomic E-state index is 12.0. The molecule has 7 heteroatoms. The number of carbonyl (C=O) groups is 1. The number of benzene rings is 1. The molecule has 0 fully saturated rings. The lowest BCUT2D eigenvalue weighted by Crippen LogP contribution is -2.27. The molecule has 1 aromatic carbocycles. The van der Waals surface area contributed by atoms with Gasteiger partial charge in [0.1, 0.15) is 0 Å². The summed E-state index contributed by atoms with van der Waals surface area (Å²) in [4.78, 5) is 12.0. The Morgan fingerprint density at radius 2 is 1.91 bits per heavy atom. The molecule has 0 aliphatic rings. The van der Waals surface area contributed by atoms with E-state index in [4.69, 9.17) is 4.74 Å². The predicted molar refractivity (Wildman–Crippen MR) is 89.4 cm³/mol. The average Bonchev–Trinajstić information content (AvgIpc) is 2.53. The van der Waals surface area contributed by atoms with E-state index < -0.39 is 10.0 Å². The Kier molecular flexibility index (Phi) is 7.94. The zero-order valence-electron chi connectivity index (χ0n) is 13.8. The summed E-state index contributed by atoms with van der Waals surface area (Å²) in [6.45, 7) is 4.62. The molecule has 0 spiro atoms. The van der Waals surface area contributed by atoms with E-state index >= 15 is 0 Å². The molecule has 6 nitrogen and oxygen atoms in total. The first-order valence-electron chi connectivity index (χ1n) is 7.43. The number of methoxy groups -OCH3 is 1. The number of nitrogens with one attached hydrogen (secondary N) is 2. The van der Waals surface area contributed by atoms with Crippen LogP contribution in [0.1, 0.15) is 25.8 Å². The number of carbonyl (C=O) groups excluding carboxylic acids is 1. The van der Waals surface area contributed by atoms with E-state index in [2.05, 4.69) is 10.0 Å². The molecule has 0 radical (unpaired) electrons. The van der Waals surface area contributed by atoms with Gasteiger partial charge in [0.05, 0.1) is 11.5 Å². The summed E-state index contributed by atoms with van der Waals surface area (Å²) >= 11 is 0. The minimum atomic E-state index is -3.53. The van der Waals surface area contributed by atoms with Crippen LogP contribution < -0.4 is 10.0 Å². The zero-order valence-corrected chi connectivity index (χ0v) is 14.6. The van der Waals surface area contributed by atoms with Gasteiger partial charge in [-0.15, -0.1) is 0 Å². The topological polar surface area (TPSA) is 84.5 Å². The molecule has 0 unspecified atom stereocenters. The van der Waals surface area contributed by atoms with E-state index in [1.165, 1.54) is 19.2 Å². The second-order valence-electron chi connectivity index (χ2n) is 5.01. The van der Waals surface area contributed by atoms with E-state index in [0.717, 1.165) is 12.0 Å². The Morgan fingerprint density at radius 3 is 2.48 bits per heavy atom. The number of hydrogen-bond donors (Lipinski definition) is 2. The van der Waals surface area contributed by atoms with Gasteiger partial charge in [-0.3, -0.25) is 4.79 Å². The molecule has 1 rings (SSSR count). The highest BCUT2D eigenvalue weighted by atomic mass is 32.2. The van der Waals surface area contributed by atoms with E-state index in [0.29, 0.717) is 18.7 Å². The monoisotopic (exact) mass is 340 g/mol. The minimum absolute atomic E-state index is 0.121. The summed E-state index contributed by atoms with van der Waals surface area (Å²) in [5, 5.41) is 2.79. The van der Waals surface area contributed by atoms with Gasteiger partial charge in [0, 0.05) is 25.8 Å². The number of amides is 1. The van der Waals surface area contributed by atoms with Crippen molar-refractivity contribution in [3.05, 3.63) is 41.5 Å². The van der Waals surface area contributed by atoms with Gasteiger partial charge in [0.2, 0.25) is 15.9 Å². The summed E-state index contributed by atoms with van der Waals surface area (Å²) in [5.41, 5.74) is 1.51. The van der Waals surface area contributed by atoms with Crippen molar-refractivity contribution in [3.8, 4) is 0 Å². The van der Waals surface area contributed by atoms with Crippen molar-refractivity contribution < 1.29 is 17.9 Å². The van der Waals surface area contributed by atoms with Crippen molar-refractivity contribution in [1.29, 1.82) is 0 Å². The molecular weight excluding hydrogens is 316 g/mol. The van der Waals surface area contributed by atoms with Crippen LogP contribution in [0.2, 0.25) is 0 Å². The standard InChI is InChI=1S/C16H24N2O4S/c1-4-5-13(2)16(19)17-12-14-6-8-15(9-7-14)23(20,21)18-10-11-22-3/h5-9,18H,4,10-12H2,1-3H3,(H,17,19). The van der Waals surface area contributed by atoms with Gasteiger partial charge in [-0.05, 0) is 31.0 Å². The Hall–Kier alpha value is -1.70. The van der Waals surface area contributed by atoms with E-state index in [1.807, 2.05) is 13.0 Å². The smallest absolute Gasteiger partial charge is 0.246 e. The lowest BCUT2D eigenvalue weighted by molar-refractivity contribution is -0.117. The van der Waals surface area contributed by atoms with Crippen molar-refractivity contribution in [2.75, 3.05) is 20.3 Å². The van der Waals surface area contributed by atoms with Crippen LogP contribution in [0.3, 0.4) is 0 Å². The Balaban J connectivity index is 2.63. The second-order valence-corrected chi connectivity index (χ2v) is 6.78. The first-order valence-corrected chi connectivity index (χ1v) is 8.91. The van der Waals surface area contributed by atoms with Crippen molar-refractivity contribution in [3.63, 3.8) is 0 Å². The van der Waals surface area contributed by atoms with Gasteiger partial charge in [-0.1, -0.05) is 25.1 Å². The SMILES string of the molecule is CCC=C(C)C(=O)NCc1ccc(S(=O)(=O)NCCOC)cc1. The fraction of sp³-hybridized carbons (Fsp3) is 0.438. The van der Waals surface area contributed by atoms with Crippen molar-refractivity contribution in [1.82, 2.24) is 10.0 Å². The zero-order chi connectivity index (χ0) is 17.3. The normalized spacial score (nSPS) is 12.2. The quantitative estimate of drug-likeness (QED) is 0.528. The lowest BCUT2D eigenvalue weighted by atomic mass is 10.2. The first kappa shape index (κ1) is 19.3. The second kappa shape index (κ2) is 9.44. The van der Waals surface area contributed by atoms with E-state index in [9.17, 15) is 13.2 Å². The number of sulfonamides is 1. The molecule has 0 aromatic heterocycles. The molecule has 0 aliphatic carbocycles. The highest BCUT2D eigenvalue weighted by Gasteiger charge is 2.13. The van der Waals surface area contributed by atoms with E-state index in [1.54, 1.807) is 19.1 Å². The highest BCUT2D eigenvalue weighted by molar-refractivity contribution is 7.89. The molecule has 1 amide bonds. The van der Waals surface area contributed by atoms with Crippen molar-refractivity contribution >= 4 is 15.9 Å². The summed E-state index contributed by atoms with van der Waals surface area (Å²) in [6.07, 6.45) is 2.67. The minimum Gasteiger partial charge on any atom is -0.383 e. The first-order chi connectivity index (χ1) is 10.9. The van der Waals surface area contributed by atoms with Crippen LogP contribution in [0.4, 0.5) is 0 Å². The van der Waals surface area contributed by atoms with Gasteiger partial charge >= 0.3 is 0 Å². The van der Waals surface area contributed by atoms with Crippen molar-refractivity contribution in [2.24, 2.45) is 0 Å². The average molecular weight is 340 g/mol. The third-order valence-corrected chi connectivity index (χ3v) is 4.63. The largest absolute Gasteiger partial charge is 0.383 e. The third kappa shape index (κ3) is 6.52. The number of ether oxygens (including phenoxy) is 1. The Bertz CT molecular complexity index is 637.